The third kappa shape index (κ3) is 5.57. The summed E-state index contributed by atoms with van der Waals surface area (Å²) in [6.07, 6.45) is 0.697. The lowest BCUT2D eigenvalue weighted by Gasteiger charge is -2.15. The first-order chi connectivity index (χ1) is 17.3. The number of benzene rings is 2. The molecule has 0 spiro atoms. The fraction of sp³-hybridized carbons (Fsp3) is 0.0741. The molecule has 1 amide bonds. The molecule has 0 aliphatic heterocycles. The Morgan fingerprint density at radius 2 is 1.81 bits per heavy atom. The number of alkyl halides is 3. The Morgan fingerprint density at radius 3 is 2.57 bits per heavy atom. The lowest BCUT2D eigenvalue weighted by atomic mass is 10.1. The minimum atomic E-state index is -4.53. The Labute approximate surface area is 216 Å². The van der Waals surface area contributed by atoms with Crippen molar-refractivity contribution in [2.24, 2.45) is 0 Å². The molecule has 5 rings (SSSR count). The summed E-state index contributed by atoms with van der Waals surface area (Å²) in [5.41, 5.74) is 4.21. The van der Waals surface area contributed by atoms with Gasteiger partial charge < -0.3 is 15.6 Å². The van der Waals surface area contributed by atoms with Gasteiger partial charge in [-0.05, 0) is 67.1 Å². The minimum Gasteiger partial charge on any atom is -0.355 e. The van der Waals surface area contributed by atoms with Crippen LogP contribution in [-0.4, -0.2) is 20.9 Å². The van der Waals surface area contributed by atoms with E-state index in [0.29, 0.717) is 11.3 Å². The highest BCUT2D eigenvalue weighted by Crippen LogP contribution is 2.33. The van der Waals surface area contributed by atoms with Crippen LogP contribution in [0.2, 0.25) is 0 Å². The molecule has 0 fully saturated rings. The molecule has 6 nitrogen and oxygen atoms in total. The number of aromatic nitrogens is 3. The highest BCUT2D eigenvalue weighted by Gasteiger charge is 2.30. The topological polar surface area (TPSA) is 82.7 Å². The van der Waals surface area contributed by atoms with Gasteiger partial charge in [0.15, 0.2) is 0 Å². The minimum absolute atomic E-state index is 0. The molecule has 3 heterocycles. The van der Waals surface area contributed by atoms with Crippen molar-refractivity contribution < 1.29 is 18.0 Å². The number of hydrogen-bond acceptors (Lipinski definition) is 4. The molecule has 5 aromatic rings. The fourth-order valence-corrected chi connectivity index (χ4v) is 3.82. The van der Waals surface area contributed by atoms with Crippen molar-refractivity contribution in [3.05, 3.63) is 102 Å². The molecule has 3 aromatic heterocycles. The van der Waals surface area contributed by atoms with Crippen molar-refractivity contribution in [1.29, 1.82) is 0 Å². The zero-order chi connectivity index (χ0) is 25.3. The summed E-state index contributed by atoms with van der Waals surface area (Å²) in [7, 11) is 0. The van der Waals surface area contributed by atoms with E-state index in [9.17, 15) is 18.0 Å². The number of fused-ring (bicyclic) bond motifs is 1. The van der Waals surface area contributed by atoms with E-state index in [2.05, 4.69) is 25.6 Å². The number of halogens is 4. The number of aryl methyl sites for hydroxylation is 1. The molecule has 0 atom stereocenters. The van der Waals surface area contributed by atoms with Crippen LogP contribution < -0.4 is 10.6 Å². The number of hydrogen-bond donors (Lipinski definition) is 3. The van der Waals surface area contributed by atoms with Crippen molar-refractivity contribution in [2.75, 3.05) is 10.6 Å². The lowest BCUT2D eigenvalue weighted by molar-refractivity contribution is -0.137. The molecule has 0 radical (unpaired) electrons. The number of H-pyrrole nitrogens is 1. The molecule has 0 bridgehead atoms. The van der Waals surface area contributed by atoms with E-state index in [1.165, 1.54) is 12.1 Å². The number of pyridine rings is 2. The second-order valence-electron chi connectivity index (χ2n) is 8.22. The quantitative estimate of drug-likeness (QED) is 0.224. The Bertz CT molecular complexity index is 1570. The van der Waals surface area contributed by atoms with Gasteiger partial charge in [-0.15, -0.1) is 12.4 Å². The zero-order valence-electron chi connectivity index (χ0n) is 19.4. The van der Waals surface area contributed by atoms with Crippen LogP contribution in [0.5, 0.6) is 0 Å². The molecule has 10 heteroatoms. The van der Waals surface area contributed by atoms with E-state index in [0.717, 1.165) is 45.7 Å². The van der Waals surface area contributed by atoms with Crippen LogP contribution in [0.15, 0.2) is 85.3 Å². The number of carbonyl (C=O) groups is 1. The molecule has 0 saturated heterocycles. The smallest absolute Gasteiger partial charge is 0.355 e. The standard InChI is InChI=1S/C27H20F3N5O.ClH/c1-16-7-8-20(33-26(36)17-4-2-6-19(12-17)27(28,29)30)13-22(16)34-24-14-23(18-5-3-10-31-15-18)35-25-21(24)9-11-32-25;/h2-15H,1H3,(H,33,36)(H2,32,34,35);1H. The van der Waals surface area contributed by atoms with Gasteiger partial charge in [-0.25, -0.2) is 4.98 Å². The molecule has 0 aliphatic carbocycles. The van der Waals surface area contributed by atoms with Crippen molar-refractivity contribution in [1.82, 2.24) is 15.0 Å². The maximum Gasteiger partial charge on any atom is 0.416 e. The average molecular weight is 524 g/mol. The van der Waals surface area contributed by atoms with Crippen LogP contribution in [0.25, 0.3) is 22.3 Å². The second kappa shape index (κ2) is 10.3. The van der Waals surface area contributed by atoms with Crippen LogP contribution in [0.3, 0.4) is 0 Å². The van der Waals surface area contributed by atoms with Gasteiger partial charge in [0.25, 0.3) is 5.91 Å². The molecule has 0 aliphatic rings. The Kier molecular flexibility index (Phi) is 7.17. The number of carbonyl (C=O) groups excluding carboxylic acids is 1. The van der Waals surface area contributed by atoms with Gasteiger partial charge in [-0.1, -0.05) is 12.1 Å². The largest absolute Gasteiger partial charge is 0.416 e. The van der Waals surface area contributed by atoms with E-state index in [4.69, 9.17) is 0 Å². The van der Waals surface area contributed by atoms with Crippen molar-refractivity contribution in [2.45, 2.75) is 13.1 Å². The summed E-state index contributed by atoms with van der Waals surface area (Å²) in [6, 6.07) is 17.2. The molecule has 188 valence electrons. The highest BCUT2D eigenvalue weighted by molar-refractivity contribution is 6.04. The number of aromatic amines is 1. The van der Waals surface area contributed by atoms with Crippen LogP contribution in [-0.2, 0) is 6.18 Å². The summed E-state index contributed by atoms with van der Waals surface area (Å²) in [5.74, 6) is -0.633. The van der Waals surface area contributed by atoms with Crippen molar-refractivity contribution in [3.63, 3.8) is 0 Å². The van der Waals surface area contributed by atoms with Gasteiger partial charge in [-0.3, -0.25) is 9.78 Å². The normalized spacial score (nSPS) is 11.1. The van der Waals surface area contributed by atoms with E-state index < -0.39 is 17.6 Å². The summed E-state index contributed by atoms with van der Waals surface area (Å²) in [5, 5.41) is 6.98. The van der Waals surface area contributed by atoms with Gasteiger partial charge in [-0.2, -0.15) is 13.2 Å². The number of amides is 1. The molecular formula is C27H21ClF3N5O. The highest BCUT2D eigenvalue weighted by atomic mass is 35.5. The summed E-state index contributed by atoms with van der Waals surface area (Å²) < 4.78 is 39.1. The van der Waals surface area contributed by atoms with E-state index in [-0.39, 0.29) is 18.0 Å². The second-order valence-corrected chi connectivity index (χ2v) is 8.22. The number of nitrogens with zero attached hydrogens (tertiary/aromatic N) is 2. The summed E-state index contributed by atoms with van der Waals surface area (Å²) in [4.78, 5) is 24.6. The third-order valence-electron chi connectivity index (χ3n) is 5.70. The third-order valence-corrected chi connectivity index (χ3v) is 5.70. The first kappa shape index (κ1) is 25.7. The average Bonchev–Trinajstić information content (AvgIpc) is 3.35. The summed E-state index contributed by atoms with van der Waals surface area (Å²) in [6.45, 7) is 1.91. The van der Waals surface area contributed by atoms with Crippen LogP contribution in [0, 0.1) is 6.92 Å². The van der Waals surface area contributed by atoms with Gasteiger partial charge in [0.05, 0.1) is 16.9 Å². The molecule has 37 heavy (non-hydrogen) atoms. The molecule has 0 saturated carbocycles. The van der Waals surface area contributed by atoms with E-state index >= 15 is 0 Å². The first-order valence-corrected chi connectivity index (χ1v) is 11.0. The predicted molar refractivity (Wildman–Crippen MR) is 140 cm³/mol. The maximum atomic E-state index is 13.0. The zero-order valence-corrected chi connectivity index (χ0v) is 20.2. The Balaban J connectivity index is 0.00000320. The molecule has 2 aromatic carbocycles. The van der Waals surface area contributed by atoms with E-state index in [1.54, 1.807) is 30.7 Å². The predicted octanol–water partition coefficient (Wildman–Crippen LogP) is 7.37. The fourth-order valence-electron chi connectivity index (χ4n) is 3.82. The first-order valence-electron chi connectivity index (χ1n) is 11.0. The van der Waals surface area contributed by atoms with Crippen LogP contribution in [0.4, 0.5) is 30.2 Å². The summed E-state index contributed by atoms with van der Waals surface area (Å²) >= 11 is 0. The van der Waals surface area contributed by atoms with Gasteiger partial charge in [0.1, 0.15) is 5.65 Å². The van der Waals surface area contributed by atoms with Crippen molar-refractivity contribution >= 4 is 46.4 Å². The van der Waals surface area contributed by atoms with E-state index in [1.807, 2.05) is 37.3 Å². The number of rotatable bonds is 5. The maximum absolute atomic E-state index is 13.0. The number of nitrogens with one attached hydrogen (secondary N) is 3. The van der Waals surface area contributed by atoms with Gasteiger partial charge in [0.2, 0.25) is 0 Å². The SMILES string of the molecule is Cc1ccc(NC(=O)c2cccc(C(F)(F)F)c2)cc1Nc1cc(-c2cccnc2)nc2[nH]ccc12.Cl. The molecule has 3 N–H and O–H groups in total. The van der Waals surface area contributed by atoms with Gasteiger partial charge in [0, 0.05) is 46.5 Å². The van der Waals surface area contributed by atoms with Crippen molar-refractivity contribution in [3.8, 4) is 11.3 Å². The monoisotopic (exact) mass is 523 g/mol. The van der Waals surface area contributed by atoms with Crippen LogP contribution >= 0.6 is 12.4 Å². The Hall–Kier alpha value is -4.37. The molecule has 0 unspecified atom stereocenters. The van der Waals surface area contributed by atoms with Gasteiger partial charge >= 0.3 is 6.18 Å². The number of anilines is 3. The lowest BCUT2D eigenvalue weighted by Crippen LogP contribution is -2.14. The molecular weight excluding hydrogens is 503 g/mol. The van der Waals surface area contributed by atoms with Crippen LogP contribution in [0.1, 0.15) is 21.5 Å². The Morgan fingerprint density at radius 1 is 0.973 bits per heavy atom.